The molecule has 2 amide bonds. The molecule has 6 heteroatoms. The van der Waals surface area contributed by atoms with Crippen LogP contribution in [0.5, 0.6) is 0 Å². The molecule has 1 unspecified atom stereocenters. The second-order valence-electron chi connectivity index (χ2n) is 6.39. The van der Waals surface area contributed by atoms with E-state index in [4.69, 9.17) is 11.6 Å². The summed E-state index contributed by atoms with van der Waals surface area (Å²) in [5.74, 6) is 0.725. The van der Waals surface area contributed by atoms with E-state index in [1.54, 1.807) is 6.07 Å². The predicted octanol–water partition coefficient (Wildman–Crippen LogP) is 4.27. The zero-order valence-corrected chi connectivity index (χ0v) is 15.0. The highest BCUT2D eigenvalue weighted by Crippen LogP contribution is 2.41. The van der Waals surface area contributed by atoms with E-state index in [1.165, 1.54) is 11.8 Å². The summed E-state index contributed by atoms with van der Waals surface area (Å²) in [4.78, 5) is 25.3. The van der Waals surface area contributed by atoms with E-state index in [-0.39, 0.29) is 17.9 Å². The minimum atomic E-state index is -0.125. The normalized spacial score (nSPS) is 17.4. The molecule has 4 nitrogen and oxygen atoms in total. The molecule has 0 radical (unpaired) electrons. The molecule has 25 heavy (non-hydrogen) atoms. The van der Waals surface area contributed by atoms with Gasteiger partial charge < -0.3 is 10.6 Å². The second-order valence-corrected chi connectivity index (χ2v) is 7.84. The Hall–Kier alpha value is -1.98. The van der Waals surface area contributed by atoms with Gasteiger partial charge in [0.1, 0.15) is 0 Å². The number of carbonyl (C=O) groups excluding carboxylic acids is 2. The summed E-state index contributed by atoms with van der Waals surface area (Å²) in [7, 11) is 0. The fourth-order valence-corrected chi connectivity index (χ4v) is 3.94. The van der Waals surface area contributed by atoms with Crippen LogP contribution in [0.1, 0.15) is 34.8 Å². The van der Waals surface area contributed by atoms with Crippen LogP contribution in [0, 0.1) is 5.92 Å². The molecule has 0 bridgehead atoms. The summed E-state index contributed by atoms with van der Waals surface area (Å²) in [5.41, 5.74) is 2.34. The van der Waals surface area contributed by atoms with Crippen molar-refractivity contribution in [2.45, 2.75) is 23.8 Å². The third-order valence-electron chi connectivity index (χ3n) is 4.48. The Labute approximate surface area is 155 Å². The molecule has 2 N–H and O–H groups in total. The molecule has 4 rings (SSSR count). The number of carbonyl (C=O) groups is 2. The zero-order chi connectivity index (χ0) is 17.4. The lowest BCUT2D eigenvalue weighted by atomic mass is 10.0. The molecule has 1 saturated carbocycles. The quantitative estimate of drug-likeness (QED) is 0.842. The lowest BCUT2D eigenvalue weighted by molar-refractivity contribution is -0.113. The zero-order valence-electron chi connectivity index (χ0n) is 13.4. The Balaban J connectivity index is 1.55. The van der Waals surface area contributed by atoms with Crippen LogP contribution >= 0.6 is 23.4 Å². The lowest BCUT2D eigenvalue weighted by Gasteiger charge is -2.20. The Morgan fingerprint density at radius 1 is 1.20 bits per heavy atom. The molecule has 2 aliphatic rings. The second kappa shape index (κ2) is 6.73. The molecule has 1 aliphatic carbocycles. The number of fused-ring (bicyclic) bond motifs is 1. The molecule has 1 fully saturated rings. The highest BCUT2D eigenvalue weighted by atomic mass is 35.5. The molecule has 128 valence electrons. The van der Waals surface area contributed by atoms with E-state index < -0.39 is 0 Å². The SMILES string of the molecule is O=C1CSc2ccc(C(=O)NC(c3ccc(Cl)cc3)C3CC3)cc2N1. The highest BCUT2D eigenvalue weighted by molar-refractivity contribution is 8.00. The van der Waals surface area contributed by atoms with Crippen molar-refractivity contribution in [1.29, 1.82) is 0 Å². The average Bonchev–Trinajstić information content (AvgIpc) is 3.44. The van der Waals surface area contributed by atoms with Crippen LogP contribution in [-0.2, 0) is 4.79 Å². The van der Waals surface area contributed by atoms with Gasteiger partial charge in [-0.15, -0.1) is 11.8 Å². The first kappa shape index (κ1) is 16.5. The minimum absolute atomic E-state index is 0.00948. The van der Waals surface area contributed by atoms with Gasteiger partial charge in [-0.3, -0.25) is 9.59 Å². The maximum atomic E-state index is 12.7. The lowest BCUT2D eigenvalue weighted by Crippen LogP contribution is -2.30. The fourth-order valence-electron chi connectivity index (χ4n) is 3.02. The molecule has 0 spiro atoms. The van der Waals surface area contributed by atoms with E-state index in [0.29, 0.717) is 27.9 Å². The summed E-state index contributed by atoms with van der Waals surface area (Å²) < 4.78 is 0. The Morgan fingerprint density at radius 2 is 1.96 bits per heavy atom. The van der Waals surface area contributed by atoms with Crippen LogP contribution in [0.3, 0.4) is 0 Å². The van der Waals surface area contributed by atoms with Crippen LogP contribution in [0.15, 0.2) is 47.4 Å². The first-order valence-corrected chi connectivity index (χ1v) is 9.59. The van der Waals surface area contributed by atoms with Gasteiger partial charge >= 0.3 is 0 Å². The average molecular weight is 373 g/mol. The number of anilines is 1. The number of hydrogen-bond donors (Lipinski definition) is 2. The molecule has 2 aromatic carbocycles. The van der Waals surface area contributed by atoms with Gasteiger partial charge in [0.25, 0.3) is 5.91 Å². The molecule has 1 aliphatic heterocycles. The molecular formula is C19H17ClN2O2S. The molecule has 2 aromatic rings. The molecule has 0 aromatic heterocycles. The number of thioether (sulfide) groups is 1. The number of halogens is 1. The van der Waals surface area contributed by atoms with E-state index in [0.717, 1.165) is 23.3 Å². The van der Waals surface area contributed by atoms with Gasteiger partial charge in [-0.1, -0.05) is 23.7 Å². The Kier molecular flexibility index (Phi) is 4.44. The van der Waals surface area contributed by atoms with Gasteiger partial charge in [0.2, 0.25) is 5.91 Å². The van der Waals surface area contributed by atoms with Crippen molar-refractivity contribution in [3.8, 4) is 0 Å². The van der Waals surface area contributed by atoms with Crippen LogP contribution in [0.4, 0.5) is 5.69 Å². The summed E-state index contributed by atoms with van der Waals surface area (Å²) in [6.45, 7) is 0. The van der Waals surface area contributed by atoms with Crippen molar-refractivity contribution >= 4 is 40.9 Å². The van der Waals surface area contributed by atoms with Crippen molar-refractivity contribution in [2.75, 3.05) is 11.1 Å². The minimum Gasteiger partial charge on any atom is -0.345 e. The highest BCUT2D eigenvalue weighted by Gasteiger charge is 2.33. The van der Waals surface area contributed by atoms with Gasteiger partial charge in [0, 0.05) is 15.5 Å². The topological polar surface area (TPSA) is 58.2 Å². The standard InChI is InChI=1S/C19H17ClN2O2S/c20-14-6-3-12(4-7-14)18(11-1-2-11)22-19(24)13-5-8-16-15(9-13)21-17(23)10-25-16/h3-9,11,18H,1-2,10H2,(H,21,23)(H,22,24). The summed E-state index contributed by atoms with van der Waals surface area (Å²) in [6.07, 6.45) is 2.23. The molecule has 1 atom stereocenters. The van der Waals surface area contributed by atoms with Crippen LogP contribution in [-0.4, -0.2) is 17.6 Å². The van der Waals surface area contributed by atoms with E-state index in [1.807, 2.05) is 36.4 Å². The van der Waals surface area contributed by atoms with Gasteiger partial charge in [-0.25, -0.2) is 0 Å². The van der Waals surface area contributed by atoms with Crippen molar-refractivity contribution in [1.82, 2.24) is 5.32 Å². The fraction of sp³-hybridized carbons (Fsp3) is 0.263. The molecule has 1 heterocycles. The van der Waals surface area contributed by atoms with E-state index in [9.17, 15) is 9.59 Å². The van der Waals surface area contributed by atoms with Gasteiger partial charge in [-0.05, 0) is 54.7 Å². The largest absolute Gasteiger partial charge is 0.345 e. The molecular weight excluding hydrogens is 356 g/mol. The summed E-state index contributed by atoms with van der Waals surface area (Å²) in [6, 6.07) is 13.1. The third-order valence-corrected chi connectivity index (χ3v) is 5.81. The Morgan fingerprint density at radius 3 is 2.68 bits per heavy atom. The summed E-state index contributed by atoms with van der Waals surface area (Å²) >= 11 is 7.46. The number of benzene rings is 2. The van der Waals surface area contributed by atoms with Crippen LogP contribution in [0.25, 0.3) is 0 Å². The van der Waals surface area contributed by atoms with E-state index >= 15 is 0 Å². The number of rotatable bonds is 4. The van der Waals surface area contributed by atoms with Gasteiger partial charge in [-0.2, -0.15) is 0 Å². The monoisotopic (exact) mass is 372 g/mol. The first-order chi connectivity index (χ1) is 12.1. The summed E-state index contributed by atoms with van der Waals surface area (Å²) in [5, 5.41) is 6.66. The van der Waals surface area contributed by atoms with Crippen LogP contribution < -0.4 is 10.6 Å². The van der Waals surface area contributed by atoms with Crippen molar-refractivity contribution in [3.63, 3.8) is 0 Å². The maximum Gasteiger partial charge on any atom is 0.251 e. The van der Waals surface area contributed by atoms with E-state index in [2.05, 4.69) is 10.6 Å². The molecule has 0 saturated heterocycles. The van der Waals surface area contributed by atoms with Gasteiger partial charge in [0.05, 0.1) is 17.5 Å². The predicted molar refractivity (Wildman–Crippen MR) is 100 cm³/mol. The van der Waals surface area contributed by atoms with Crippen molar-refractivity contribution in [3.05, 3.63) is 58.6 Å². The van der Waals surface area contributed by atoms with Gasteiger partial charge in [0.15, 0.2) is 0 Å². The number of amides is 2. The van der Waals surface area contributed by atoms with Crippen molar-refractivity contribution < 1.29 is 9.59 Å². The maximum absolute atomic E-state index is 12.7. The third kappa shape index (κ3) is 3.67. The van der Waals surface area contributed by atoms with Crippen LogP contribution in [0.2, 0.25) is 5.02 Å². The van der Waals surface area contributed by atoms with Crippen molar-refractivity contribution in [2.24, 2.45) is 5.92 Å². The number of nitrogens with one attached hydrogen (secondary N) is 2. The number of hydrogen-bond acceptors (Lipinski definition) is 3. The Bertz CT molecular complexity index is 834. The smallest absolute Gasteiger partial charge is 0.251 e. The first-order valence-electron chi connectivity index (χ1n) is 8.23.